The molecule has 162 valence electrons. The van der Waals surface area contributed by atoms with Gasteiger partial charge in [-0.1, -0.05) is 6.58 Å². The van der Waals surface area contributed by atoms with Crippen molar-refractivity contribution in [2.24, 2.45) is 23.7 Å². The number of ether oxygens (including phenoxy) is 1. The number of carbonyl (C=O) groups is 1. The highest BCUT2D eigenvalue weighted by Crippen LogP contribution is 2.57. The molecule has 0 radical (unpaired) electrons. The summed E-state index contributed by atoms with van der Waals surface area (Å²) < 4.78 is 119. The molecule has 0 aromatic rings. The summed E-state index contributed by atoms with van der Waals surface area (Å²) in [6.45, 7) is 2.15. The lowest BCUT2D eigenvalue weighted by atomic mass is 9.76. The fourth-order valence-electron chi connectivity index (χ4n) is 4.13. The summed E-state index contributed by atoms with van der Waals surface area (Å²) in [5.41, 5.74) is -6.52. The Bertz CT molecular complexity index is 606. The van der Waals surface area contributed by atoms with E-state index in [1.165, 1.54) is 0 Å². The third-order valence-electron chi connectivity index (χ3n) is 5.66. The molecule has 0 aromatic carbocycles. The number of carbonyl (C=O) groups excluding carboxylic acids is 1. The van der Waals surface area contributed by atoms with Crippen LogP contribution in [-0.2, 0) is 9.53 Å². The van der Waals surface area contributed by atoms with Gasteiger partial charge >= 0.3 is 24.5 Å². The molecule has 0 spiro atoms. The number of aliphatic hydroxyl groups is 1. The van der Waals surface area contributed by atoms with Gasteiger partial charge < -0.3 is 9.84 Å². The van der Waals surface area contributed by atoms with Crippen molar-refractivity contribution in [3.63, 3.8) is 0 Å². The average molecular weight is 428 g/mol. The Morgan fingerprint density at radius 2 is 1.36 bits per heavy atom. The van der Waals surface area contributed by atoms with Crippen molar-refractivity contribution in [2.75, 3.05) is 6.61 Å². The van der Waals surface area contributed by atoms with Gasteiger partial charge in [0, 0.05) is 0 Å². The summed E-state index contributed by atoms with van der Waals surface area (Å²) in [7, 11) is 0. The minimum absolute atomic E-state index is 0.0679. The number of halogens is 9. The molecule has 3 nitrogen and oxygen atoms in total. The van der Waals surface area contributed by atoms with Gasteiger partial charge in [-0.3, -0.25) is 0 Å². The van der Waals surface area contributed by atoms with Gasteiger partial charge in [0.2, 0.25) is 0 Å². The molecule has 28 heavy (non-hydrogen) atoms. The van der Waals surface area contributed by atoms with Crippen LogP contribution in [0.1, 0.15) is 25.7 Å². The van der Waals surface area contributed by atoms with E-state index >= 15 is 0 Å². The van der Waals surface area contributed by atoms with Crippen molar-refractivity contribution in [1.29, 1.82) is 0 Å². The van der Waals surface area contributed by atoms with Crippen LogP contribution in [0.25, 0.3) is 0 Å². The largest absolute Gasteiger partial charge is 0.462 e. The van der Waals surface area contributed by atoms with Gasteiger partial charge in [-0.2, -0.15) is 39.5 Å². The molecular formula is C16H17F9O3. The highest BCUT2D eigenvalue weighted by atomic mass is 19.4. The highest BCUT2D eigenvalue weighted by Gasteiger charge is 2.71. The molecule has 1 N–H and O–H groups in total. The van der Waals surface area contributed by atoms with Crippen molar-refractivity contribution in [1.82, 2.24) is 0 Å². The van der Waals surface area contributed by atoms with Gasteiger partial charge in [-0.25, -0.2) is 4.79 Å². The van der Waals surface area contributed by atoms with Crippen LogP contribution in [0.2, 0.25) is 0 Å². The monoisotopic (exact) mass is 428 g/mol. The first kappa shape index (κ1) is 22.8. The number of hydrogen-bond donors (Lipinski definition) is 1. The van der Waals surface area contributed by atoms with Crippen molar-refractivity contribution in [3.05, 3.63) is 12.2 Å². The molecule has 2 rings (SSSR count). The molecular weight excluding hydrogens is 411 g/mol. The Hall–Kier alpha value is -1.46. The lowest BCUT2D eigenvalue weighted by molar-refractivity contribution is -0.373. The maximum Gasteiger partial charge on any atom is 0.426 e. The van der Waals surface area contributed by atoms with Gasteiger partial charge in [-0.15, -0.1) is 0 Å². The minimum Gasteiger partial charge on any atom is -0.462 e. The first-order valence-corrected chi connectivity index (χ1v) is 8.26. The zero-order valence-electron chi connectivity index (χ0n) is 14.2. The van der Waals surface area contributed by atoms with E-state index in [-0.39, 0.29) is 19.3 Å². The number of rotatable bonds is 5. The van der Waals surface area contributed by atoms with E-state index in [4.69, 9.17) is 0 Å². The molecule has 0 aromatic heterocycles. The van der Waals surface area contributed by atoms with Crippen LogP contribution in [0.5, 0.6) is 0 Å². The SMILES string of the molecule is C=C(C(=O)OCC1CC2CC1CC2CC(O)(C(F)(F)F)C(F)(F)F)C(F)(F)F. The lowest BCUT2D eigenvalue weighted by Crippen LogP contribution is -2.58. The Kier molecular flexibility index (Phi) is 5.79. The second-order valence-corrected chi connectivity index (χ2v) is 7.38. The summed E-state index contributed by atoms with van der Waals surface area (Å²) >= 11 is 0. The number of hydrogen-bond acceptors (Lipinski definition) is 3. The van der Waals surface area contributed by atoms with Gasteiger partial charge in [0.05, 0.1) is 6.61 Å². The van der Waals surface area contributed by atoms with Crippen LogP contribution in [0.15, 0.2) is 12.2 Å². The van der Waals surface area contributed by atoms with E-state index in [2.05, 4.69) is 11.3 Å². The van der Waals surface area contributed by atoms with E-state index in [9.17, 15) is 49.4 Å². The maximum atomic E-state index is 12.8. The highest BCUT2D eigenvalue weighted by molar-refractivity contribution is 5.89. The summed E-state index contributed by atoms with van der Waals surface area (Å²) in [4.78, 5) is 11.3. The summed E-state index contributed by atoms with van der Waals surface area (Å²) in [6.07, 6.45) is -18.0. The number of esters is 1. The van der Waals surface area contributed by atoms with Gasteiger partial charge in [0.25, 0.3) is 5.60 Å². The molecule has 2 bridgehead atoms. The fraction of sp³-hybridized carbons (Fsp3) is 0.812. The first-order valence-electron chi connectivity index (χ1n) is 8.26. The van der Waals surface area contributed by atoms with Crippen LogP contribution < -0.4 is 0 Å². The number of fused-ring (bicyclic) bond motifs is 2. The van der Waals surface area contributed by atoms with Gasteiger partial charge in [0.15, 0.2) is 0 Å². The molecule has 4 atom stereocenters. The standard InChI is InChI=1S/C16H17F9O3/c1-7(14(17,18)19)12(26)28-6-11-4-8-2-9(11)3-10(8)5-13(27,15(20,21)22)16(23,24)25/h8-11,27H,1-6H2. The van der Waals surface area contributed by atoms with Crippen LogP contribution in [0.3, 0.4) is 0 Å². The third kappa shape index (κ3) is 4.25. The molecule has 2 saturated carbocycles. The molecule has 4 unspecified atom stereocenters. The van der Waals surface area contributed by atoms with E-state index in [0.717, 1.165) is 0 Å². The molecule has 0 amide bonds. The van der Waals surface area contributed by atoms with E-state index in [0.29, 0.717) is 0 Å². The first-order chi connectivity index (χ1) is 12.5. The normalized spacial score (nSPS) is 28.5. The lowest BCUT2D eigenvalue weighted by Gasteiger charge is -2.37. The van der Waals surface area contributed by atoms with Gasteiger partial charge in [-0.05, 0) is 49.4 Å². The molecule has 0 aliphatic heterocycles. The van der Waals surface area contributed by atoms with Crippen molar-refractivity contribution >= 4 is 5.97 Å². The predicted octanol–water partition coefficient (Wildman–Crippen LogP) is 4.56. The van der Waals surface area contributed by atoms with Crippen LogP contribution in [-0.4, -0.2) is 41.8 Å². The van der Waals surface area contributed by atoms with Crippen LogP contribution >= 0.6 is 0 Å². The predicted molar refractivity (Wildman–Crippen MR) is 75.6 cm³/mol. The topological polar surface area (TPSA) is 46.5 Å². The van der Waals surface area contributed by atoms with Crippen molar-refractivity contribution in [3.8, 4) is 0 Å². The zero-order chi connectivity index (χ0) is 21.7. The summed E-state index contributed by atoms with van der Waals surface area (Å²) in [6, 6.07) is 0. The maximum absolute atomic E-state index is 12.8. The fourth-order valence-corrected chi connectivity index (χ4v) is 4.13. The molecule has 0 saturated heterocycles. The molecule has 2 aliphatic carbocycles. The minimum atomic E-state index is -5.89. The Morgan fingerprint density at radius 3 is 1.75 bits per heavy atom. The Labute approximate surface area is 153 Å². The third-order valence-corrected chi connectivity index (χ3v) is 5.66. The second kappa shape index (κ2) is 7.10. The van der Waals surface area contributed by atoms with Crippen LogP contribution in [0, 0.1) is 23.7 Å². The molecule has 2 aliphatic rings. The summed E-state index contributed by atoms with van der Waals surface area (Å²) in [5.74, 6) is -4.15. The van der Waals surface area contributed by atoms with Crippen LogP contribution in [0.4, 0.5) is 39.5 Å². The molecule has 0 heterocycles. The average Bonchev–Trinajstić information content (AvgIpc) is 3.08. The van der Waals surface area contributed by atoms with E-state index in [1.54, 1.807) is 0 Å². The number of alkyl halides is 9. The molecule has 12 heteroatoms. The zero-order valence-corrected chi connectivity index (χ0v) is 14.2. The van der Waals surface area contributed by atoms with Crippen molar-refractivity contribution in [2.45, 2.75) is 49.8 Å². The smallest absolute Gasteiger partial charge is 0.426 e. The van der Waals surface area contributed by atoms with E-state index < -0.39 is 72.4 Å². The quantitative estimate of drug-likeness (QED) is 0.397. The van der Waals surface area contributed by atoms with Gasteiger partial charge in [0.1, 0.15) is 5.57 Å². The molecule has 2 fully saturated rings. The second-order valence-electron chi connectivity index (χ2n) is 7.38. The Morgan fingerprint density at radius 1 is 0.893 bits per heavy atom. The van der Waals surface area contributed by atoms with Crippen molar-refractivity contribution < 1.29 is 54.2 Å². The Balaban J connectivity index is 1.95. The summed E-state index contributed by atoms with van der Waals surface area (Å²) in [5, 5.41) is 9.32. The van der Waals surface area contributed by atoms with E-state index in [1.807, 2.05) is 0 Å².